The van der Waals surface area contributed by atoms with Crippen LogP contribution >= 0.6 is 22.7 Å². The summed E-state index contributed by atoms with van der Waals surface area (Å²) in [7, 11) is 0. The fourth-order valence-corrected chi connectivity index (χ4v) is 5.90. The summed E-state index contributed by atoms with van der Waals surface area (Å²) < 4.78 is 14.1. The van der Waals surface area contributed by atoms with Crippen molar-refractivity contribution in [3.05, 3.63) is 59.4 Å². The molecule has 0 bridgehead atoms. The molecule has 1 fully saturated rings. The number of hydrogen-bond acceptors (Lipinski definition) is 8. The molecular weight excluding hydrogens is 461 g/mol. The van der Waals surface area contributed by atoms with Crippen molar-refractivity contribution in [3.63, 3.8) is 0 Å². The predicted octanol–water partition coefficient (Wildman–Crippen LogP) is 3.93. The van der Waals surface area contributed by atoms with Gasteiger partial charge in [-0.3, -0.25) is 14.7 Å². The van der Waals surface area contributed by atoms with Crippen molar-refractivity contribution in [2.75, 3.05) is 49.5 Å². The van der Waals surface area contributed by atoms with Gasteiger partial charge in [-0.05, 0) is 30.3 Å². The highest BCUT2D eigenvalue weighted by Crippen LogP contribution is 2.35. The summed E-state index contributed by atoms with van der Waals surface area (Å²) in [4.78, 5) is 27.6. The number of thiazole rings is 1. The molecule has 4 heterocycles. The number of rotatable bonds is 6. The highest BCUT2D eigenvalue weighted by Gasteiger charge is 2.21. The molecule has 7 nitrogen and oxygen atoms in total. The quantitative estimate of drug-likeness (QED) is 0.433. The molecule has 5 rings (SSSR count). The van der Waals surface area contributed by atoms with E-state index in [1.807, 2.05) is 18.2 Å². The first-order valence-corrected chi connectivity index (χ1v) is 12.2. The molecule has 1 amide bonds. The molecule has 170 valence electrons. The largest absolute Gasteiger partial charge is 0.395 e. The van der Waals surface area contributed by atoms with Gasteiger partial charge in [-0.25, -0.2) is 9.37 Å². The van der Waals surface area contributed by atoms with Crippen LogP contribution in [0.4, 0.5) is 15.2 Å². The summed E-state index contributed by atoms with van der Waals surface area (Å²) >= 11 is 3.00. The number of aliphatic hydroxyl groups excluding tert-OH is 1. The molecule has 1 aromatic carbocycles. The number of aliphatic hydroxyl groups is 1. The number of carbonyl (C=O) groups excluding carboxylic acids is 1. The number of benzene rings is 1. The number of piperazine rings is 1. The van der Waals surface area contributed by atoms with Crippen LogP contribution in [0.3, 0.4) is 0 Å². The number of nitrogens with zero attached hydrogens (tertiary/aromatic N) is 4. The van der Waals surface area contributed by atoms with Gasteiger partial charge in [0.1, 0.15) is 10.6 Å². The number of aromatic nitrogens is 2. The number of amides is 1. The maximum Gasteiger partial charge on any atom is 0.265 e. The van der Waals surface area contributed by atoms with E-state index in [2.05, 4.69) is 20.1 Å². The Morgan fingerprint density at radius 2 is 1.88 bits per heavy atom. The molecule has 0 spiro atoms. The SMILES string of the molecule is O=C(Nc1ccc(-c2ccc(F)cn2)cc1)c1cc2sc(N3CCN(CCO)CC3)nc2s1. The van der Waals surface area contributed by atoms with E-state index >= 15 is 0 Å². The van der Waals surface area contributed by atoms with Crippen molar-refractivity contribution in [1.29, 1.82) is 0 Å². The van der Waals surface area contributed by atoms with E-state index < -0.39 is 0 Å². The summed E-state index contributed by atoms with van der Waals surface area (Å²) in [5.41, 5.74) is 2.19. The van der Waals surface area contributed by atoms with Gasteiger partial charge in [0.2, 0.25) is 0 Å². The van der Waals surface area contributed by atoms with Crippen LogP contribution in [0.25, 0.3) is 20.8 Å². The second kappa shape index (κ2) is 9.52. The molecule has 0 unspecified atom stereocenters. The summed E-state index contributed by atoms with van der Waals surface area (Å²) in [5.74, 6) is -0.544. The molecular formula is C23H22FN5O2S2. The Bertz CT molecular complexity index is 1220. The standard InChI is InChI=1S/C23H22FN5O2S2/c24-16-3-6-18(25-14-16)15-1-4-17(5-2-15)26-21(31)19-13-20-22(32-19)27-23(33-20)29-9-7-28(8-10-29)11-12-30/h1-6,13-14,30H,7-12H2,(H,26,31). The van der Waals surface area contributed by atoms with Gasteiger partial charge in [0.15, 0.2) is 5.13 Å². The molecule has 3 aromatic heterocycles. The van der Waals surface area contributed by atoms with Crippen LogP contribution in [0.2, 0.25) is 0 Å². The predicted molar refractivity (Wildman–Crippen MR) is 131 cm³/mol. The third-order valence-electron chi connectivity index (χ3n) is 5.53. The Hall–Kier alpha value is -2.92. The van der Waals surface area contributed by atoms with Crippen LogP contribution in [-0.4, -0.2) is 65.2 Å². The Morgan fingerprint density at radius 3 is 2.55 bits per heavy atom. The first kappa shape index (κ1) is 21.9. The smallest absolute Gasteiger partial charge is 0.265 e. The Labute approximate surface area is 198 Å². The zero-order valence-electron chi connectivity index (χ0n) is 17.7. The molecule has 0 aliphatic carbocycles. The van der Waals surface area contributed by atoms with Crippen molar-refractivity contribution in [3.8, 4) is 11.3 Å². The number of hydrogen-bond donors (Lipinski definition) is 2. The minimum absolute atomic E-state index is 0.169. The topological polar surface area (TPSA) is 81.6 Å². The minimum atomic E-state index is -0.374. The number of carbonyl (C=O) groups is 1. The zero-order valence-corrected chi connectivity index (χ0v) is 19.3. The van der Waals surface area contributed by atoms with Gasteiger partial charge in [-0.2, -0.15) is 0 Å². The van der Waals surface area contributed by atoms with Gasteiger partial charge in [-0.1, -0.05) is 23.5 Å². The van der Waals surface area contributed by atoms with Crippen LogP contribution in [0.15, 0.2) is 48.7 Å². The average molecular weight is 484 g/mol. The normalized spacial score (nSPS) is 14.7. The second-order valence-electron chi connectivity index (χ2n) is 7.72. The van der Waals surface area contributed by atoms with Crippen molar-refractivity contribution in [1.82, 2.24) is 14.9 Å². The fraction of sp³-hybridized carbons (Fsp3) is 0.261. The highest BCUT2D eigenvalue weighted by molar-refractivity contribution is 7.29. The lowest BCUT2D eigenvalue weighted by atomic mass is 10.1. The summed E-state index contributed by atoms with van der Waals surface area (Å²) in [6.45, 7) is 4.50. The summed E-state index contributed by atoms with van der Waals surface area (Å²) in [6, 6.07) is 12.2. The number of halogens is 1. The van der Waals surface area contributed by atoms with E-state index in [1.54, 1.807) is 29.5 Å². The first-order valence-electron chi connectivity index (χ1n) is 10.6. The van der Waals surface area contributed by atoms with E-state index in [0.717, 1.165) is 46.4 Å². The molecule has 0 saturated carbocycles. The van der Waals surface area contributed by atoms with E-state index in [-0.39, 0.29) is 18.3 Å². The van der Waals surface area contributed by atoms with Gasteiger partial charge in [-0.15, -0.1) is 11.3 Å². The lowest BCUT2D eigenvalue weighted by molar-refractivity contribution is 0.103. The van der Waals surface area contributed by atoms with Crippen molar-refractivity contribution in [2.24, 2.45) is 0 Å². The average Bonchev–Trinajstić information content (AvgIpc) is 3.41. The molecule has 1 aliphatic rings. The van der Waals surface area contributed by atoms with E-state index in [4.69, 9.17) is 10.1 Å². The molecule has 1 saturated heterocycles. The lowest BCUT2D eigenvalue weighted by Gasteiger charge is -2.34. The molecule has 4 aromatic rings. The van der Waals surface area contributed by atoms with Gasteiger partial charge >= 0.3 is 0 Å². The maximum absolute atomic E-state index is 13.1. The van der Waals surface area contributed by atoms with E-state index in [1.165, 1.54) is 23.6 Å². The monoisotopic (exact) mass is 483 g/mol. The van der Waals surface area contributed by atoms with E-state index in [0.29, 0.717) is 22.8 Å². The van der Waals surface area contributed by atoms with Crippen LogP contribution in [0, 0.1) is 5.82 Å². The molecule has 2 N–H and O–H groups in total. The molecule has 0 radical (unpaired) electrons. The summed E-state index contributed by atoms with van der Waals surface area (Å²) in [6.07, 6.45) is 1.18. The highest BCUT2D eigenvalue weighted by atomic mass is 32.1. The lowest BCUT2D eigenvalue weighted by Crippen LogP contribution is -2.47. The van der Waals surface area contributed by atoms with Crippen LogP contribution < -0.4 is 10.2 Å². The number of nitrogens with one attached hydrogen (secondary N) is 1. The zero-order chi connectivity index (χ0) is 22.8. The Morgan fingerprint density at radius 1 is 1.09 bits per heavy atom. The third-order valence-corrected chi connectivity index (χ3v) is 7.75. The fourth-order valence-electron chi connectivity index (χ4n) is 3.74. The number of thiophene rings is 1. The third kappa shape index (κ3) is 4.88. The Kier molecular flexibility index (Phi) is 6.32. The second-order valence-corrected chi connectivity index (χ2v) is 9.76. The number of pyridine rings is 1. The van der Waals surface area contributed by atoms with Crippen LogP contribution in [0.1, 0.15) is 9.67 Å². The molecule has 10 heteroatoms. The van der Waals surface area contributed by atoms with Gasteiger partial charge < -0.3 is 15.3 Å². The van der Waals surface area contributed by atoms with Gasteiger partial charge in [0.25, 0.3) is 5.91 Å². The van der Waals surface area contributed by atoms with Crippen molar-refractivity contribution < 1.29 is 14.3 Å². The molecule has 0 atom stereocenters. The number of β-amino-alcohol motifs (C(OH)–C–C–N with tert-alkyl or cyclic N) is 1. The van der Waals surface area contributed by atoms with Gasteiger partial charge in [0, 0.05) is 44.0 Å². The van der Waals surface area contributed by atoms with E-state index in [9.17, 15) is 9.18 Å². The minimum Gasteiger partial charge on any atom is -0.395 e. The Balaban J connectivity index is 1.23. The maximum atomic E-state index is 13.1. The number of fused-ring (bicyclic) bond motifs is 1. The van der Waals surface area contributed by atoms with Crippen LogP contribution in [-0.2, 0) is 0 Å². The van der Waals surface area contributed by atoms with Crippen molar-refractivity contribution >= 4 is 48.9 Å². The van der Waals surface area contributed by atoms with Crippen molar-refractivity contribution in [2.45, 2.75) is 0 Å². The molecule has 33 heavy (non-hydrogen) atoms. The molecule has 1 aliphatic heterocycles. The number of anilines is 2. The van der Waals surface area contributed by atoms with Crippen LogP contribution in [0.5, 0.6) is 0 Å². The first-order chi connectivity index (χ1) is 16.1. The summed E-state index contributed by atoms with van der Waals surface area (Å²) in [5, 5.41) is 13.0. The van der Waals surface area contributed by atoms with Gasteiger partial charge in [0.05, 0.1) is 28.1 Å².